The fraction of sp³-hybridized carbons (Fsp3) is 0. The molecule has 0 saturated heterocycles. The van der Waals surface area contributed by atoms with Crippen molar-refractivity contribution in [2.75, 3.05) is 5.32 Å². The Balaban J connectivity index is 2.24. The summed E-state index contributed by atoms with van der Waals surface area (Å²) in [5.74, 6) is -0.349. The molecule has 0 saturated carbocycles. The number of anilines is 1. The summed E-state index contributed by atoms with van der Waals surface area (Å²) in [6.07, 6.45) is 1.55. The largest absolute Gasteiger partial charge is 0.318 e. The van der Waals surface area contributed by atoms with Gasteiger partial charge in [0.15, 0.2) is 5.15 Å². The number of aromatic nitrogens is 2. The quantitative estimate of drug-likeness (QED) is 0.790. The van der Waals surface area contributed by atoms with Gasteiger partial charge < -0.3 is 5.32 Å². The van der Waals surface area contributed by atoms with Crippen molar-refractivity contribution < 1.29 is 4.79 Å². The van der Waals surface area contributed by atoms with Gasteiger partial charge in [0.25, 0.3) is 5.91 Å². The summed E-state index contributed by atoms with van der Waals surface area (Å²) in [4.78, 5) is 19.9. The summed E-state index contributed by atoms with van der Waals surface area (Å²) in [7, 11) is 0. The molecule has 0 aliphatic carbocycles. The average Bonchev–Trinajstić information content (AvgIpc) is 2.34. The fourth-order valence-electron chi connectivity index (χ4n) is 1.23. The maximum absolute atomic E-state index is 11.9. The van der Waals surface area contributed by atoms with Crippen molar-refractivity contribution in [1.82, 2.24) is 9.97 Å². The molecule has 2 rings (SSSR count). The van der Waals surface area contributed by atoms with Gasteiger partial charge in [-0.05, 0) is 50.1 Å². The van der Waals surface area contributed by atoms with Gasteiger partial charge in [-0.25, -0.2) is 9.97 Å². The highest BCUT2D eigenvalue weighted by molar-refractivity contribution is 9.10. The number of nitrogens with zero attached hydrogens (tertiary/aromatic N) is 2. The van der Waals surface area contributed by atoms with Gasteiger partial charge in [-0.1, -0.05) is 17.7 Å². The van der Waals surface area contributed by atoms with Crippen LogP contribution in [0.15, 0.2) is 39.5 Å². The minimum atomic E-state index is -0.349. The Morgan fingerprint density at radius 3 is 2.83 bits per heavy atom. The van der Waals surface area contributed by atoms with E-state index in [2.05, 4.69) is 47.1 Å². The van der Waals surface area contributed by atoms with Crippen molar-refractivity contribution in [3.8, 4) is 0 Å². The molecular formula is C11H6Br2ClN3O. The van der Waals surface area contributed by atoms with Gasteiger partial charge in [0.05, 0.1) is 5.69 Å². The molecular weight excluding hydrogens is 385 g/mol. The lowest BCUT2D eigenvalue weighted by Gasteiger charge is -2.06. The second kappa shape index (κ2) is 5.77. The highest BCUT2D eigenvalue weighted by atomic mass is 79.9. The molecule has 92 valence electrons. The minimum Gasteiger partial charge on any atom is -0.318 e. The first-order valence-corrected chi connectivity index (χ1v) is 6.77. The van der Waals surface area contributed by atoms with E-state index in [0.29, 0.717) is 16.0 Å². The fourth-order valence-corrected chi connectivity index (χ4v) is 2.06. The number of nitrogens with one attached hydrogen (secondary N) is 1. The van der Waals surface area contributed by atoms with Crippen LogP contribution in [0.1, 0.15) is 10.5 Å². The molecule has 0 radical (unpaired) electrons. The third kappa shape index (κ3) is 3.28. The van der Waals surface area contributed by atoms with Crippen molar-refractivity contribution >= 4 is 55.1 Å². The van der Waals surface area contributed by atoms with Crippen LogP contribution in [0.3, 0.4) is 0 Å². The van der Waals surface area contributed by atoms with Gasteiger partial charge in [-0.3, -0.25) is 4.79 Å². The third-order valence-corrected chi connectivity index (χ3v) is 3.18. The monoisotopic (exact) mass is 389 g/mol. The van der Waals surface area contributed by atoms with Gasteiger partial charge in [-0.2, -0.15) is 0 Å². The molecule has 1 N–H and O–H groups in total. The number of hydrogen-bond donors (Lipinski definition) is 1. The minimum absolute atomic E-state index is 0.224. The maximum Gasteiger partial charge on any atom is 0.274 e. The van der Waals surface area contributed by atoms with Crippen molar-refractivity contribution in [3.05, 3.63) is 50.4 Å². The van der Waals surface area contributed by atoms with Crippen molar-refractivity contribution in [2.24, 2.45) is 0 Å². The smallest absolute Gasteiger partial charge is 0.274 e. The topological polar surface area (TPSA) is 54.9 Å². The van der Waals surface area contributed by atoms with Gasteiger partial charge >= 0.3 is 0 Å². The molecule has 1 amide bonds. The number of carbonyl (C=O) groups excluding carboxylic acids is 1. The van der Waals surface area contributed by atoms with E-state index in [1.54, 1.807) is 30.5 Å². The zero-order valence-corrected chi connectivity index (χ0v) is 12.8. The lowest BCUT2D eigenvalue weighted by molar-refractivity contribution is 0.102. The highest BCUT2D eigenvalue weighted by Gasteiger charge is 2.11. The summed E-state index contributed by atoms with van der Waals surface area (Å²) in [5, 5.41) is 2.87. The van der Waals surface area contributed by atoms with Gasteiger partial charge in [0.2, 0.25) is 0 Å². The van der Waals surface area contributed by atoms with Crippen LogP contribution < -0.4 is 5.32 Å². The van der Waals surface area contributed by atoms with Crippen LogP contribution in [-0.4, -0.2) is 15.9 Å². The van der Waals surface area contributed by atoms with Gasteiger partial charge in [-0.15, -0.1) is 0 Å². The Hall–Kier alpha value is -0.980. The van der Waals surface area contributed by atoms with E-state index < -0.39 is 0 Å². The summed E-state index contributed by atoms with van der Waals surface area (Å²) < 4.78 is 1.32. The summed E-state index contributed by atoms with van der Waals surface area (Å²) in [6.45, 7) is 0. The predicted octanol–water partition coefficient (Wildman–Crippen LogP) is 3.91. The average molecular weight is 391 g/mol. The van der Waals surface area contributed by atoms with E-state index in [4.69, 9.17) is 11.6 Å². The van der Waals surface area contributed by atoms with Crippen LogP contribution in [0.4, 0.5) is 5.69 Å². The van der Waals surface area contributed by atoms with E-state index in [9.17, 15) is 4.79 Å². The van der Waals surface area contributed by atoms with Crippen LogP contribution in [0, 0.1) is 0 Å². The third-order valence-electron chi connectivity index (χ3n) is 2.00. The molecule has 18 heavy (non-hydrogen) atoms. The van der Waals surface area contributed by atoms with E-state index in [0.717, 1.165) is 4.47 Å². The standard InChI is InChI=1S/C11H6Br2ClN3O/c12-6-4-8(10(14)15-5-6)17-11(18)7-2-1-3-9(13)16-7/h1-5H,(H,17,18). The Bertz CT molecular complexity index is 607. The zero-order valence-electron chi connectivity index (χ0n) is 8.82. The van der Waals surface area contributed by atoms with Crippen molar-refractivity contribution in [2.45, 2.75) is 0 Å². The van der Waals surface area contributed by atoms with Crippen molar-refractivity contribution in [1.29, 1.82) is 0 Å². The molecule has 0 atom stereocenters. The SMILES string of the molecule is O=C(Nc1cc(Br)cnc1Cl)c1cccc(Br)n1. The normalized spacial score (nSPS) is 10.2. The Morgan fingerprint density at radius 2 is 2.11 bits per heavy atom. The highest BCUT2D eigenvalue weighted by Crippen LogP contribution is 2.23. The Kier molecular flexibility index (Phi) is 4.31. The molecule has 0 spiro atoms. The maximum atomic E-state index is 11.9. The number of pyridine rings is 2. The molecule has 0 aromatic carbocycles. The first-order valence-electron chi connectivity index (χ1n) is 4.81. The zero-order chi connectivity index (χ0) is 13.1. The molecule has 0 bridgehead atoms. The number of amides is 1. The molecule has 0 unspecified atom stereocenters. The van der Waals surface area contributed by atoms with Crippen molar-refractivity contribution in [3.63, 3.8) is 0 Å². The lowest BCUT2D eigenvalue weighted by Crippen LogP contribution is -2.14. The number of halogens is 3. The van der Waals surface area contributed by atoms with Gasteiger partial charge in [0.1, 0.15) is 10.3 Å². The first-order chi connectivity index (χ1) is 8.56. The molecule has 2 aromatic heterocycles. The second-order valence-electron chi connectivity index (χ2n) is 3.29. The molecule has 0 aliphatic heterocycles. The predicted molar refractivity (Wildman–Crippen MR) is 76.8 cm³/mol. The van der Waals surface area contributed by atoms with Crippen LogP contribution in [0.2, 0.25) is 5.15 Å². The molecule has 7 heteroatoms. The van der Waals surface area contributed by atoms with Crippen LogP contribution in [0.25, 0.3) is 0 Å². The Labute approximate surface area is 125 Å². The number of carbonyl (C=O) groups is 1. The number of hydrogen-bond acceptors (Lipinski definition) is 3. The van der Waals surface area contributed by atoms with E-state index >= 15 is 0 Å². The van der Waals surface area contributed by atoms with Crippen LogP contribution in [0.5, 0.6) is 0 Å². The summed E-state index contributed by atoms with van der Waals surface area (Å²) in [6, 6.07) is 6.75. The van der Waals surface area contributed by atoms with Gasteiger partial charge in [0, 0.05) is 10.7 Å². The second-order valence-corrected chi connectivity index (χ2v) is 5.38. The first kappa shape index (κ1) is 13.5. The van der Waals surface area contributed by atoms with E-state index in [1.807, 2.05) is 0 Å². The summed E-state index contributed by atoms with van der Waals surface area (Å²) in [5.41, 5.74) is 0.721. The van der Waals surface area contributed by atoms with E-state index in [-0.39, 0.29) is 11.1 Å². The Morgan fingerprint density at radius 1 is 1.33 bits per heavy atom. The van der Waals surface area contributed by atoms with E-state index in [1.165, 1.54) is 0 Å². The summed E-state index contributed by atoms with van der Waals surface area (Å²) >= 11 is 12.3. The molecule has 4 nitrogen and oxygen atoms in total. The number of rotatable bonds is 2. The molecule has 2 aromatic rings. The molecule has 0 fully saturated rings. The van der Waals surface area contributed by atoms with Crippen LogP contribution >= 0.6 is 43.5 Å². The molecule has 0 aliphatic rings. The van der Waals surface area contributed by atoms with Crippen LogP contribution in [-0.2, 0) is 0 Å². The molecule has 2 heterocycles. The lowest BCUT2D eigenvalue weighted by atomic mass is 10.3.